The second-order valence-corrected chi connectivity index (χ2v) is 6.88. The van der Waals surface area contributed by atoms with E-state index >= 15 is 0 Å². The lowest BCUT2D eigenvalue weighted by atomic mass is 9.77. The average Bonchev–Trinajstić information content (AvgIpc) is 3.20. The van der Waals surface area contributed by atoms with Crippen LogP contribution in [0.15, 0.2) is 37.1 Å². The van der Waals surface area contributed by atoms with E-state index in [1.807, 2.05) is 34.8 Å². The number of hydrogen-bond donors (Lipinski definition) is 0. The van der Waals surface area contributed by atoms with Gasteiger partial charge in [-0.3, -0.25) is 9.59 Å². The van der Waals surface area contributed by atoms with Crippen molar-refractivity contribution in [1.82, 2.24) is 19.4 Å². The number of carbonyl (C=O) groups excluding carboxylic acids is 2. The number of piperidine rings is 1. The third-order valence-corrected chi connectivity index (χ3v) is 5.54. The van der Waals surface area contributed by atoms with Gasteiger partial charge in [0.05, 0.1) is 23.5 Å². The highest BCUT2D eigenvalue weighted by atomic mass is 16.2. The summed E-state index contributed by atoms with van der Waals surface area (Å²) in [6.07, 6.45) is 8.95. The predicted molar refractivity (Wildman–Crippen MR) is 92.0 cm³/mol. The zero-order valence-corrected chi connectivity index (χ0v) is 14.3. The van der Waals surface area contributed by atoms with E-state index in [-0.39, 0.29) is 17.2 Å². The van der Waals surface area contributed by atoms with Crippen molar-refractivity contribution in [2.24, 2.45) is 12.5 Å². The van der Waals surface area contributed by atoms with Crippen LogP contribution in [0.5, 0.6) is 0 Å². The molecule has 25 heavy (non-hydrogen) atoms. The first-order chi connectivity index (χ1) is 12.1. The van der Waals surface area contributed by atoms with Gasteiger partial charge in [-0.05, 0) is 31.4 Å². The Morgan fingerprint density at radius 2 is 1.80 bits per heavy atom. The molecule has 0 radical (unpaired) electrons. The molecule has 0 saturated carbocycles. The van der Waals surface area contributed by atoms with Gasteiger partial charge in [-0.25, -0.2) is 9.97 Å². The second kappa shape index (κ2) is 5.98. The first-order valence-electron chi connectivity index (χ1n) is 8.58. The number of rotatable bonds is 2. The molecule has 2 aromatic rings. The topological polar surface area (TPSA) is 71.3 Å². The summed E-state index contributed by atoms with van der Waals surface area (Å²) in [5, 5.41) is 0. The van der Waals surface area contributed by atoms with Crippen molar-refractivity contribution in [3.8, 4) is 0 Å². The van der Waals surface area contributed by atoms with E-state index in [4.69, 9.17) is 0 Å². The summed E-state index contributed by atoms with van der Waals surface area (Å²) in [5.41, 5.74) is 1.10. The fourth-order valence-electron chi connectivity index (χ4n) is 3.94. The van der Waals surface area contributed by atoms with Crippen LogP contribution in [0.2, 0.25) is 0 Å². The summed E-state index contributed by atoms with van der Waals surface area (Å²) < 4.78 is 1.84. The van der Waals surface area contributed by atoms with Crippen molar-refractivity contribution in [1.29, 1.82) is 0 Å². The van der Waals surface area contributed by atoms with Crippen LogP contribution in [-0.2, 0) is 11.8 Å². The molecule has 4 rings (SSSR count). The molecule has 2 aliphatic heterocycles. The predicted octanol–water partition coefficient (Wildman–Crippen LogP) is 1.47. The molecule has 0 bridgehead atoms. The Kier molecular flexibility index (Phi) is 3.78. The van der Waals surface area contributed by atoms with Crippen LogP contribution in [-0.4, -0.2) is 50.9 Å². The van der Waals surface area contributed by atoms with Gasteiger partial charge in [0.2, 0.25) is 5.91 Å². The molecule has 2 amide bonds. The van der Waals surface area contributed by atoms with Gasteiger partial charge in [0.1, 0.15) is 12.0 Å². The zero-order valence-electron chi connectivity index (χ0n) is 14.3. The molecule has 7 nitrogen and oxygen atoms in total. The molecule has 0 aliphatic carbocycles. The molecule has 2 aromatic heterocycles. The number of aryl methyl sites for hydroxylation is 1. The van der Waals surface area contributed by atoms with Crippen molar-refractivity contribution >= 4 is 17.5 Å². The van der Waals surface area contributed by atoms with Crippen LogP contribution in [0.4, 0.5) is 5.69 Å². The summed E-state index contributed by atoms with van der Waals surface area (Å²) in [4.78, 5) is 37.3. The van der Waals surface area contributed by atoms with E-state index in [1.165, 1.54) is 6.33 Å². The first kappa shape index (κ1) is 15.8. The highest BCUT2D eigenvalue weighted by Gasteiger charge is 2.49. The average molecular weight is 339 g/mol. The molecule has 0 N–H and O–H groups in total. The van der Waals surface area contributed by atoms with E-state index in [9.17, 15) is 9.59 Å². The fourth-order valence-corrected chi connectivity index (χ4v) is 3.94. The Labute approximate surface area is 146 Å². The maximum Gasteiger partial charge on any atom is 0.270 e. The monoisotopic (exact) mass is 339 g/mol. The normalized spacial score (nSPS) is 19.6. The van der Waals surface area contributed by atoms with Crippen LogP contribution < -0.4 is 4.90 Å². The largest absolute Gasteiger partial charge is 0.347 e. The summed E-state index contributed by atoms with van der Waals surface area (Å²) in [7, 11) is 1.87. The molecular formula is C18H21N5O2. The Morgan fingerprint density at radius 1 is 1.12 bits per heavy atom. The van der Waals surface area contributed by atoms with E-state index < -0.39 is 0 Å². The number of likely N-dealkylation sites (tertiary alicyclic amines) is 1. The molecule has 4 heterocycles. The van der Waals surface area contributed by atoms with E-state index in [0.29, 0.717) is 38.2 Å². The molecule has 0 aromatic carbocycles. The number of amides is 2. The van der Waals surface area contributed by atoms with Gasteiger partial charge in [0.25, 0.3) is 5.91 Å². The number of anilines is 1. The van der Waals surface area contributed by atoms with E-state index in [1.54, 1.807) is 17.3 Å². The molecule has 2 saturated heterocycles. The molecule has 2 aliphatic rings. The molecule has 7 heteroatoms. The lowest BCUT2D eigenvalue weighted by Crippen LogP contribution is -2.47. The van der Waals surface area contributed by atoms with Gasteiger partial charge < -0.3 is 14.4 Å². The van der Waals surface area contributed by atoms with Crippen LogP contribution in [0.3, 0.4) is 0 Å². The lowest BCUT2D eigenvalue weighted by Gasteiger charge is -2.38. The number of carbonyl (C=O) groups is 2. The van der Waals surface area contributed by atoms with Crippen molar-refractivity contribution in [3.05, 3.63) is 42.7 Å². The number of nitrogens with zero attached hydrogens (tertiary/aromatic N) is 5. The molecule has 130 valence electrons. The Morgan fingerprint density at radius 3 is 2.44 bits per heavy atom. The van der Waals surface area contributed by atoms with Crippen molar-refractivity contribution in [3.63, 3.8) is 0 Å². The summed E-state index contributed by atoms with van der Waals surface area (Å²) in [6.45, 7) is 1.93. The molecule has 0 atom stereocenters. The highest BCUT2D eigenvalue weighted by molar-refractivity contribution is 6.00. The van der Waals surface area contributed by atoms with E-state index in [2.05, 4.69) is 9.97 Å². The van der Waals surface area contributed by atoms with Crippen LogP contribution in [0, 0.1) is 5.41 Å². The Bertz CT molecular complexity index is 793. The minimum atomic E-state index is -0.346. The minimum Gasteiger partial charge on any atom is -0.347 e. The van der Waals surface area contributed by atoms with Crippen molar-refractivity contribution in [2.45, 2.75) is 19.3 Å². The van der Waals surface area contributed by atoms with Crippen LogP contribution in [0.1, 0.15) is 29.8 Å². The third-order valence-electron chi connectivity index (χ3n) is 5.54. The third kappa shape index (κ3) is 2.59. The lowest BCUT2D eigenvalue weighted by molar-refractivity contribution is -0.127. The standard InChI is InChI=1S/C18H21N5O2/c1-21-7-2-3-15(21)16(24)22-8-4-18(5-9-22)6-10-23(17(18)25)14-11-19-13-20-12-14/h2-3,7,11-13H,4-6,8-10H2,1H3. The maximum atomic E-state index is 13.0. The van der Waals surface area contributed by atoms with Gasteiger partial charge in [-0.15, -0.1) is 0 Å². The fraction of sp³-hybridized carbons (Fsp3) is 0.444. The zero-order chi connectivity index (χ0) is 17.4. The van der Waals surface area contributed by atoms with Crippen LogP contribution in [0.25, 0.3) is 0 Å². The highest BCUT2D eigenvalue weighted by Crippen LogP contribution is 2.43. The van der Waals surface area contributed by atoms with E-state index in [0.717, 1.165) is 12.1 Å². The number of hydrogen-bond acceptors (Lipinski definition) is 4. The van der Waals surface area contributed by atoms with Crippen LogP contribution >= 0.6 is 0 Å². The number of aromatic nitrogens is 3. The molecule has 1 spiro atoms. The molecular weight excluding hydrogens is 318 g/mol. The minimum absolute atomic E-state index is 0.0427. The Balaban J connectivity index is 1.46. The van der Waals surface area contributed by atoms with Crippen molar-refractivity contribution < 1.29 is 9.59 Å². The van der Waals surface area contributed by atoms with Crippen molar-refractivity contribution in [2.75, 3.05) is 24.5 Å². The Hall–Kier alpha value is -2.70. The van der Waals surface area contributed by atoms with Gasteiger partial charge >= 0.3 is 0 Å². The second-order valence-electron chi connectivity index (χ2n) is 6.88. The summed E-state index contributed by atoms with van der Waals surface area (Å²) in [6, 6.07) is 3.71. The summed E-state index contributed by atoms with van der Waals surface area (Å²) >= 11 is 0. The maximum absolute atomic E-state index is 13.0. The van der Waals surface area contributed by atoms with Gasteiger partial charge in [0, 0.05) is 32.9 Å². The summed E-state index contributed by atoms with van der Waals surface area (Å²) in [5.74, 6) is 0.189. The first-order valence-corrected chi connectivity index (χ1v) is 8.58. The smallest absolute Gasteiger partial charge is 0.270 e. The van der Waals surface area contributed by atoms with Gasteiger partial charge in [-0.1, -0.05) is 0 Å². The van der Waals surface area contributed by atoms with Gasteiger partial charge in [-0.2, -0.15) is 0 Å². The quantitative estimate of drug-likeness (QED) is 0.831. The van der Waals surface area contributed by atoms with Gasteiger partial charge in [0.15, 0.2) is 0 Å². The SMILES string of the molecule is Cn1cccc1C(=O)N1CCC2(CC1)CCN(c1cncnc1)C2=O. The molecule has 0 unspecified atom stereocenters. The molecule has 2 fully saturated rings.